The van der Waals surface area contributed by atoms with E-state index in [0.29, 0.717) is 0 Å². The molecule has 2 aliphatic carbocycles. The molecule has 0 radical (unpaired) electrons. The van der Waals surface area contributed by atoms with Crippen LogP contribution in [0.15, 0.2) is 24.8 Å². The minimum Gasteiger partial charge on any atom is -0.103 e. The first kappa shape index (κ1) is 18.8. The van der Waals surface area contributed by atoms with Crippen LogP contribution in [0, 0.1) is 23.7 Å². The second-order valence-corrected chi connectivity index (χ2v) is 8.33. The zero-order chi connectivity index (χ0) is 16.3. The highest BCUT2D eigenvalue weighted by Gasteiger charge is 2.21. The molecule has 2 fully saturated rings. The zero-order valence-electron chi connectivity index (χ0n) is 15.6. The fourth-order valence-corrected chi connectivity index (χ4v) is 4.89. The maximum Gasteiger partial charge on any atom is -0.0236 e. The van der Waals surface area contributed by atoms with Gasteiger partial charge in [-0.3, -0.25) is 0 Å². The summed E-state index contributed by atoms with van der Waals surface area (Å²) in [6.45, 7) is 6.10. The molecule has 0 unspecified atom stereocenters. The van der Waals surface area contributed by atoms with Gasteiger partial charge >= 0.3 is 0 Å². The maximum atomic E-state index is 3.96. The second kappa shape index (κ2) is 11.1. The fourth-order valence-electron chi connectivity index (χ4n) is 4.89. The van der Waals surface area contributed by atoms with E-state index in [0.717, 1.165) is 23.7 Å². The summed E-state index contributed by atoms with van der Waals surface area (Å²) in [5.74, 6) is 3.95. The SMILES string of the molecule is C=CC1CCC(CCCC[C@H]2CC[C@H](CC/C=C/C)CC2)CC1. The van der Waals surface area contributed by atoms with Gasteiger partial charge in [0, 0.05) is 0 Å². The summed E-state index contributed by atoms with van der Waals surface area (Å²) >= 11 is 0. The summed E-state index contributed by atoms with van der Waals surface area (Å²) in [4.78, 5) is 0. The van der Waals surface area contributed by atoms with Crippen LogP contribution < -0.4 is 0 Å². The van der Waals surface area contributed by atoms with Crippen molar-refractivity contribution in [1.29, 1.82) is 0 Å². The van der Waals surface area contributed by atoms with Crippen LogP contribution in [-0.2, 0) is 0 Å². The molecule has 2 saturated carbocycles. The molecule has 0 N–H and O–H groups in total. The smallest absolute Gasteiger partial charge is 0.0236 e. The number of unbranched alkanes of at least 4 members (excludes halogenated alkanes) is 1. The summed E-state index contributed by atoms with van der Waals surface area (Å²) in [6, 6.07) is 0. The van der Waals surface area contributed by atoms with Crippen LogP contribution in [0.2, 0.25) is 0 Å². The molecule has 0 aromatic heterocycles. The van der Waals surface area contributed by atoms with Gasteiger partial charge in [-0.15, -0.1) is 6.58 Å². The molecule has 0 spiro atoms. The molecule has 0 aliphatic heterocycles. The standard InChI is InChI=1S/C23H40/c1-3-5-6-9-21-16-18-23(19-17-21)11-8-7-10-22-14-12-20(4-2)13-15-22/h3-5,20-23H,2,6-19H2,1H3/b5-3+/t20?,21-,22?,23-. The molecule has 0 heterocycles. The lowest BCUT2D eigenvalue weighted by Gasteiger charge is -2.29. The molecule has 0 bridgehead atoms. The molecule has 2 rings (SSSR count). The van der Waals surface area contributed by atoms with Gasteiger partial charge in [-0.05, 0) is 69.1 Å². The molecule has 0 nitrogen and oxygen atoms in total. The number of hydrogen-bond acceptors (Lipinski definition) is 0. The fraction of sp³-hybridized carbons (Fsp3) is 0.826. The van der Waals surface area contributed by atoms with Crippen LogP contribution in [0.1, 0.15) is 96.8 Å². The highest BCUT2D eigenvalue weighted by Crippen LogP contribution is 2.35. The van der Waals surface area contributed by atoms with Crippen LogP contribution in [0.5, 0.6) is 0 Å². The molecule has 0 amide bonds. The third-order valence-corrected chi connectivity index (χ3v) is 6.64. The largest absolute Gasteiger partial charge is 0.103 e. The van der Waals surface area contributed by atoms with Gasteiger partial charge < -0.3 is 0 Å². The Morgan fingerprint density at radius 1 is 0.739 bits per heavy atom. The van der Waals surface area contributed by atoms with E-state index in [1.165, 1.54) is 89.9 Å². The summed E-state index contributed by atoms with van der Waals surface area (Å²) in [5, 5.41) is 0. The Hall–Kier alpha value is -0.520. The van der Waals surface area contributed by atoms with Gasteiger partial charge in [0.25, 0.3) is 0 Å². The van der Waals surface area contributed by atoms with E-state index >= 15 is 0 Å². The topological polar surface area (TPSA) is 0 Å². The molecule has 132 valence electrons. The number of hydrogen-bond donors (Lipinski definition) is 0. The van der Waals surface area contributed by atoms with Crippen molar-refractivity contribution in [3.8, 4) is 0 Å². The number of rotatable bonds is 9. The molecular formula is C23H40. The van der Waals surface area contributed by atoms with Crippen molar-refractivity contribution in [1.82, 2.24) is 0 Å². The Bertz CT molecular complexity index is 324. The average molecular weight is 317 g/mol. The molecule has 0 aromatic carbocycles. The van der Waals surface area contributed by atoms with Crippen molar-refractivity contribution >= 4 is 0 Å². The van der Waals surface area contributed by atoms with Crippen molar-refractivity contribution in [3.63, 3.8) is 0 Å². The zero-order valence-corrected chi connectivity index (χ0v) is 15.6. The van der Waals surface area contributed by atoms with E-state index < -0.39 is 0 Å². The van der Waals surface area contributed by atoms with Crippen molar-refractivity contribution in [3.05, 3.63) is 24.8 Å². The van der Waals surface area contributed by atoms with E-state index in [1.54, 1.807) is 0 Å². The molecule has 23 heavy (non-hydrogen) atoms. The highest BCUT2D eigenvalue weighted by molar-refractivity contribution is 4.84. The molecule has 2 aliphatic rings. The average Bonchev–Trinajstić information content (AvgIpc) is 2.61. The van der Waals surface area contributed by atoms with Gasteiger partial charge in [-0.2, -0.15) is 0 Å². The van der Waals surface area contributed by atoms with E-state index in [1.807, 2.05) is 0 Å². The molecule has 0 saturated heterocycles. The third-order valence-electron chi connectivity index (χ3n) is 6.64. The van der Waals surface area contributed by atoms with Gasteiger partial charge in [-0.1, -0.05) is 69.6 Å². The Balaban J connectivity index is 1.47. The summed E-state index contributed by atoms with van der Waals surface area (Å²) in [5.41, 5.74) is 0. The normalized spacial score (nSPS) is 32.2. The first-order chi connectivity index (χ1) is 11.3. The van der Waals surface area contributed by atoms with Crippen LogP contribution >= 0.6 is 0 Å². The van der Waals surface area contributed by atoms with E-state index in [2.05, 4.69) is 31.7 Å². The molecule has 0 heteroatoms. The predicted molar refractivity (Wildman–Crippen MR) is 104 cm³/mol. The maximum absolute atomic E-state index is 3.96. The first-order valence-electron chi connectivity index (χ1n) is 10.6. The summed E-state index contributed by atoms with van der Waals surface area (Å²) in [6.07, 6.45) is 27.3. The van der Waals surface area contributed by atoms with Gasteiger partial charge in [0.05, 0.1) is 0 Å². The van der Waals surface area contributed by atoms with Crippen LogP contribution in [-0.4, -0.2) is 0 Å². The third kappa shape index (κ3) is 7.27. The Morgan fingerprint density at radius 3 is 1.70 bits per heavy atom. The van der Waals surface area contributed by atoms with Crippen molar-refractivity contribution in [2.24, 2.45) is 23.7 Å². The minimum absolute atomic E-state index is 0.828. The molecular weight excluding hydrogens is 276 g/mol. The Labute approximate surface area is 145 Å². The summed E-state index contributed by atoms with van der Waals surface area (Å²) in [7, 11) is 0. The second-order valence-electron chi connectivity index (χ2n) is 8.33. The minimum atomic E-state index is 0.828. The van der Waals surface area contributed by atoms with Crippen LogP contribution in [0.3, 0.4) is 0 Å². The number of allylic oxidation sites excluding steroid dienone is 3. The van der Waals surface area contributed by atoms with E-state index in [-0.39, 0.29) is 0 Å². The summed E-state index contributed by atoms with van der Waals surface area (Å²) < 4.78 is 0. The Morgan fingerprint density at radius 2 is 1.22 bits per heavy atom. The highest BCUT2D eigenvalue weighted by atomic mass is 14.3. The van der Waals surface area contributed by atoms with E-state index in [9.17, 15) is 0 Å². The lowest BCUT2D eigenvalue weighted by Crippen LogP contribution is -2.15. The van der Waals surface area contributed by atoms with Crippen LogP contribution in [0.4, 0.5) is 0 Å². The monoisotopic (exact) mass is 316 g/mol. The van der Waals surface area contributed by atoms with Gasteiger partial charge in [0.15, 0.2) is 0 Å². The van der Waals surface area contributed by atoms with Gasteiger partial charge in [0.2, 0.25) is 0 Å². The van der Waals surface area contributed by atoms with Crippen LogP contribution in [0.25, 0.3) is 0 Å². The molecule has 0 aromatic rings. The first-order valence-corrected chi connectivity index (χ1v) is 10.6. The molecule has 0 atom stereocenters. The van der Waals surface area contributed by atoms with Crippen molar-refractivity contribution < 1.29 is 0 Å². The lowest BCUT2D eigenvalue weighted by molar-refractivity contribution is 0.243. The Kier molecular flexibility index (Phi) is 9.09. The quantitative estimate of drug-likeness (QED) is 0.302. The lowest BCUT2D eigenvalue weighted by atomic mass is 9.77. The van der Waals surface area contributed by atoms with E-state index in [4.69, 9.17) is 0 Å². The van der Waals surface area contributed by atoms with Crippen molar-refractivity contribution in [2.75, 3.05) is 0 Å². The van der Waals surface area contributed by atoms with Gasteiger partial charge in [-0.25, -0.2) is 0 Å². The van der Waals surface area contributed by atoms with Gasteiger partial charge in [0.1, 0.15) is 0 Å². The predicted octanol–water partition coefficient (Wildman–Crippen LogP) is 7.70. The van der Waals surface area contributed by atoms with Crippen molar-refractivity contribution in [2.45, 2.75) is 96.8 Å².